The molecule has 0 saturated carbocycles. The number of Topliss-reactive ketones (excluding diaryl/α,β-unsaturated/α-hetero) is 2. The molecular formula is C39H32N2O5S2. The number of barbiturate groups is 1. The van der Waals surface area contributed by atoms with Gasteiger partial charge < -0.3 is 0 Å². The van der Waals surface area contributed by atoms with Gasteiger partial charge in [-0.15, -0.1) is 0 Å². The van der Waals surface area contributed by atoms with Gasteiger partial charge in [-0.25, -0.2) is 4.79 Å². The summed E-state index contributed by atoms with van der Waals surface area (Å²) < 4.78 is 0.0511. The minimum Gasteiger partial charge on any atom is -0.288 e. The summed E-state index contributed by atoms with van der Waals surface area (Å²) in [6, 6.07) is 28.3. The van der Waals surface area contributed by atoms with E-state index in [4.69, 9.17) is 0 Å². The van der Waals surface area contributed by atoms with Gasteiger partial charge in [0.15, 0.2) is 11.6 Å². The molecule has 4 aromatic carbocycles. The average molecular weight is 673 g/mol. The largest absolute Gasteiger partial charge is 0.328 e. The van der Waals surface area contributed by atoms with E-state index in [0.717, 1.165) is 56.9 Å². The second kappa shape index (κ2) is 15.1. The van der Waals surface area contributed by atoms with Crippen LogP contribution in [0.1, 0.15) is 54.1 Å². The van der Waals surface area contributed by atoms with Crippen LogP contribution < -0.4 is 10.6 Å². The van der Waals surface area contributed by atoms with Crippen LogP contribution in [0, 0.1) is 27.7 Å². The van der Waals surface area contributed by atoms with Crippen LogP contribution in [-0.2, 0) is 9.59 Å². The molecule has 4 amide bonds. The van der Waals surface area contributed by atoms with Gasteiger partial charge in [0.2, 0.25) is 0 Å². The molecule has 0 radical (unpaired) electrons. The number of nitrogens with one attached hydrogen (secondary N) is 2. The number of carbonyl (C=O) groups is 5. The zero-order chi connectivity index (χ0) is 34.4. The highest BCUT2D eigenvalue weighted by molar-refractivity contribution is 8.26. The van der Waals surface area contributed by atoms with Crippen molar-refractivity contribution in [1.29, 1.82) is 0 Å². The number of allylic oxidation sites excluding steroid dienone is 2. The first-order valence-electron chi connectivity index (χ1n) is 15.0. The first kappa shape index (κ1) is 34.1. The molecule has 4 aromatic rings. The van der Waals surface area contributed by atoms with Crippen molar-refractivity contribution in [2.45, 2.75) is 27.7 Å². The number of aryl methyl sites for hydroxylation is 4. The molecule has 1 saturated heterocycles. The quantitative estimate of drug-likeness (QED) is 0.0995. The molecule has 48 heavy (non-hydrogen) atoms. The molecule has 7 nitrogen and oxygen atoms in total. The predicted octanol–water partition coefficient (Wildman–Crippen LogP) is 8.11. The molecule has 1 aliphatic rings. The average Bonchev–Trinajstić information content (AvgIpc) is 3.05. The summed E-state index contributed by atoms with van der Waals surface area (Å²) in [5, 5.41) is 4.26. The lowest BCUT2D eigenvalue weighted by molar-refractivity contribution is -0.124. The molecule has 240 valence electrons. The molecule has 0 bridgehead atoms. The highest BCUT2D eigenvalue weighted by Crippen LogP contribution is 2.44. The van der Waals surface area contributed by atoms with Gasteiger partial charge in [0.05, 0.1) is 14.0 Å². The fraction of sp³-hybridized carbons (Fsp3) is 0.103. The van der Waals surface area contributed by atoms with Gasteiger partial charge in [0.25, 0.3) is 11.8 Å². The minimum atomic E-state index is -0.958. The fourth-order valence-corrected chi connectivity index (χ4v) is 7.07. The van der Waals surface area contributed by atoms with E-state index < -0.39 is 17.8 Å². The lowest BCUT2D eigenvalue weighted by Crippen LogP contribution is -2.51. The Morgan fingerprint density at radius 2 is 0.812 bits per heavy atom. The molecule has 5 rings (SSSR count). The highest BCUT2D eigenvalue weighted by Gasteiger charge is 2.34. The maximum Gasteiger partial charge on any atom is 0.328 e. The number of carbonyl (C=O) groups excluding carboxylic acids is 5. The Bertz CT molecular complexity index is 1860. The van der Waals surface area contributed by atoms with Gasteiger partial charge in [0.1, 0.15) is 5.57 Å². The Kier molecular flexibility index (Phi) is 10.7. The van der Waals surface area contributed by atoms with E-state index in [1.54, 1.807) is 36.4 Å². The standard InChI is InChI=1S/C39H32N2O5S2/c1-23-5-13-27(14-6-23)21-31(34(42)29-17-9-25(3)10-18-29)47-38(33-36(44)40-39(46)41-37(33)45)48-32(22-28-15-7-24(2)8-16-28)35(43)30-19-11-26(4)12-20-30/h5-22H,1-4H3,(H2,40,41,44,45,46)/b31-21-,32-22+. The van der Waals surface area contributed by atoms with Crippen LogP contribution >= 0.6 is 23.5 Å². The number of benzene rings is 4. The van der Waals surface area contributed by atoms with E-state index in [1.165, 1.54) is 0 Å². The molecule has 0 atom stereocenters. The van der Waals surface area contributed by atoms with Gasteiger partial charge in [-0.05, 0) is 51.0 Å². The number of amides is 4. The van der Waals surface area contributed by atoms with Gasteiger partial charge in [-0.3, -0.25) is 29.8 Å². The molecule has 9 heteroatoms. The second-order valence-corrected chi connectivity index (χ2v) is 13.7. The van der Waals surface area contributed by atoms with Crippen LogP contribution in [0.15, 0.2) is 117 Å². The highest BCUT2D eigenvalue weighted by atomic mass is 32.2. The molecule has 1 heterocycles. The van der Waals surface area contributed by atoms with Crippen molar-refractivity contribution in [3.8, 4) is 0 Å². The van der Waals surface area contributed by atoms with Crippen LogP contribution in [0.3, 0.4) is 0 Å². The zero-order valence-electron chi connectivity index (χ0n) is 26.8. The van der Waals surface area contributed by atoms with Crippen molar-refractivity contribution >= 4 is 65.1 Å². The monoisotopic (exact) mass is 672 g/mol. The number of imide groups is 2. The van der Waals surface area contributed by atoms with E-state index in [1.807, 2.05) is 100 Å². The van der Waals surface area contributed by atoms with E-state index in [2.05, 4.69) is 10.6 Å². The Labute approximate surface area is 287 Å². The van der Waals surface area contributed by atoms with Crippen LogP contribution in [0.2, 0.25) is 0 Å². The van der Waals surface area contributed by atoms with Crippen LogP contribution in [0.5, 0.6) is 0 Å². The second-order valence-electron chi connectivity index (χ2n) is 11.3. The molecular weight excluding hydrogens is 641 g/mol. The summed E-state index contributed by atoms with van der Waals surface area (Å²) in [5.74, 6) is -2.57. The lowest BCUT2D eigenvalue weighted by Gasteiger charge is -2.19. The van der Waals surface area contributed by atoms with E-state index in [0.29, 0.717) is 11.1 Å². The summed E-state index contributed by atoms with van der Waals surface area (Å²) in [4.78, 5) is 67.2. The summed E-state index contributed by atoms with van der Waals surface area (Å²) in [6.45, 7) is 7.74. The Morgan fingerprint density at radius 3 is 1.15 bits per heavy atom. The molecule has 1 aliphatic heterocycles. The Hall–Kier alpha value is -5.25. The van der Waals surface area contributed by atoms with Gasteiger partial charge in [-0.1, -0.05) is 143 Å². The van der Waals surface area contributed by atoms with Crippen molar-refractivity contribution < 1.29 is 24.0 Å². The number of urea groups is 1. The maximum atomic E-state index is 14.1. The van der Waals surface area contributed by atoms with Gasteiger partial charge in [0, 0.05) is 11.1 Å². The fourth-order valence-electron chi connectivity index (χ4n) is 4.58. The third-order valence-corrected chi connectivity index (χ3v) is 9.67. The van der Waals surface area contributed by atoms with Crippen LogP contribution in [0.4, 0.5) is 4.79 Å². The first-order chi connectivity index (χ1) is 23.0. The topological polar surface area (TPSA) is 109 Å². The zero-order valence-corrected chi connectivity index (χ0v) is 28.4. The van der Waals surface area contributed by atoms with Crippen LogP contribution in [0.25, 0.3) is 12.2 Å². The number of hydrogen-bond donors (Lipinski definition) is 2. The predicted molar refractivity (Wildman–Crippen MR) is 193 cm³/mol. The number of hydrogen-bond acceptors (Lipinski definition) is 7. The summed E-state index contributed by atoms with van der Waals surface area (Å²) in [7, 11) is 0. The van der Waals surface area contributed by atoms with Crippen LogP contribution in [-0.4, -0.2) is 29.4 Å². The first-order valence-corrected chi connectivity index (χ1v) is 16.7. The van der Waals surface area contributed by atoms with Crippen molar-refractivity contribution in [3.63, 3.8) is 0 Å². The maximum absolute atomic E-state index is 14.1. The summed E-state index contributed by atoms with van der Waals surface area (Å²) >= 11 is 1.79. The molecule has 0 unspecified atom stereocenters. The Balaban J connectivity index is 1.68. The summed E-state index contributed by atoms with van der Waals surface area (Å²) in [6.07, 6.45) is 3.37. The normalized spacial score (nSPS) is 13.6. The van der Waals surface area contributed by atoms with E-state index in [-0.39, 0.29) is 31.2 Å². The molecule has 0 aromatic heterocycles. The Morgan fingerprint density at radius 1 is 0.500 bits per heavy atom. The molecule has 0 aliphatic carbocycles. The van der Waals surface area contributed by atoms with Crippen molar-refractivity contribution in [2.24, 2.45) is 0 Å². The van der Waals surface area contributed by atoms with Crippen molar-refractivity contribution in [1.82, 2.24) is 10.6 Å². The van der Waals surface area contributed by atoms with Crippen molar-refractivity contribution in [3.05, 3.63) is 161 Å². The molecule has 2 N–H and O–H groups in total. The third kappa shape index (κ3) is 8.56. The lowest BCUT2D eigenvalue weighted by atomic mass is 10.1. The molecule has 1 fully saturated rings. The smallest absolute Gasteiger partial charge is 0.288 e. The minimum absolute atomic E-state index is 0.0511. The van der Waals surface area contributed by atoms with Gasteiger partial charge in [-0.2, -0.15) is 0 Å². The summed E-state index contributed by atoms with van der Waals surface area (Å²) in [5.41, 5.74) is 5.87. The van der Waals surface area contributed by atoms with E-state index >= 15 is 0 Å². The van der Waals surface area contributed by atoms with E-state index in [9.17, 15) is 24.0 Å². The SMILES string of the molecule is Cc1ccc(/C=C(\SC(S/C(=C/c2ccc(C)cc2)C(=O)c2ccc(C)cc2)=C2C(=O)NC(=O)NC2=O)C(=O)c2ccc(C)cc2)cc1. The molecule has 0 spiro atoms. The number of thioether (sulfide) groups is 2. The third-order valence-electron chi connectivity index (χ3n) is 7.34. The van der Waals surface area contributed by atoms with Crippen molar-refractivity contribution in [2.75, 3.05) is 0 Å². The number of ketones is 2. The number of rotatable bonds is 10. The van der Waals surface area contributed by atoms with Gasteiger partial charge >= 0.3 is 6.03 Å².